The van der Waals surface area contributed by atoms with Gasteiger partial charge in [-0.3, -0.25) is 4.79 Å². The van der Waals surface area contributed by atoms with E-state index < -0.39 is 0 Å². The van der Waals surface area contributed by atoms with Gasteiger partial charge < -0.3 is 10.2 Å². The molecule has 1 aliphatic heterocycles. The molecule has 0 saturated heterocycles. The van der Waals surface area contributed by atoms with Gasteiger partial charge >= 0.3 is 0 Å². The molecule has 3 rings (SSSR count). The number of nitrogens with one attached hydrogen (secondary N) is 1. The Morgan fingerprint density at radius 2 is 1.82 bits per heavy atom. The normalized spacial score (nSPS) is 19.3. The summed E-state index contributed by atoms with van der Waals surface area (Å²) < 4.78 is 0.989. The van der Waals surface area contributed by atoms with Crippen LogP contribution in [-0.2, 0) is 10.3 Å². The van der Waals surface area contributed by atoms with E-state index in [2.05, 4.69) is 33.4 Å². The van der Waals surface area contributed by atoms with E-state index in [9.17, 15) is 4.79 Å². The minimum Gasteiger partial charge on any atom is -0.359 e. The second-order valence-electron chi connectivity index (χ2n) is 6.19. The number of amides is 1. The average Bonchev–Trinajstić information content (AvgIpc) is 2.46. The van der Waals surface area contributed by atoms with Crippen molar-refractivity contribution in [1.29, 1.82) is 0 Å². The van der Waals surface area contributed by atoms with Crippen LogP contribution in [0.25, 0.3) is 0 Å². The number of carbonyl (C=O) groups excluding carboxylic acids is 1. The first-order valence-corrected chi connectivity index (χ1v) is 8.09. The molecule has 2 aromatic rings. The van der Waals surface area contributed by atoms with Crippen molar-refractivity contribution in [3.63, 3.8) is 0 Å². The van der Waals surface area contributed by atoms with Gasteiger partial charge in [0.15, 0.2) is 0 Å². The fourth-order valence-electron chi connectivity index (χ4n) is 3.11. The standard InChI is InChI=1S/C18H19BrN2O/c1-18(2)15-10-9-12(19)11-14(15)16(17(22)20-18)21(3)13-7-5-4-6-8-13/h4-11,16H,1-3H3,(H,20,22). The van der Waals surface area contributed by atoms with Gasteiger partial charge in [-0.05, 0) is 49.2 Å². The maximum Gasteiger partial charge on any atom is 0.248 e. The molecule has 1 amide bonds. The van der Waals surface area contributed by atoms with E-state index in [4.69, 9.17) is 0 Å². The van der Waals surface area contributed by atoms with Gasteiger partial charge in [0.25, 0.3) is 0 Å². The summed E-state index contributed by atoms with van der Waals surface area (Å²) in [6.45, 7) is 4.08. The van der Waals surface area contributed by atoms with Crippen molar-refractivity contribution < 1.29 is 4.79 Å². The monoisotopic (exact) mass is 358 g/mol. The molecule has 1 aliphatic rings. The molecule has 2 aromatic carbocycles. The zero-order valence-electron chi connectivity index (χ0n) is 12.9. The summed E-state index contributed by atoms with van der Waals surface area (Å²) in [6.07, 6.45) is 0. The number of benzene rings is 2. The van der Waals surface area contributed by atoms with E-state index in [-0.39, 0.29) is 17.5 Å². The Balaban J connectivity index is 2.12. The van der Waals surface area contributed by atoms with Crippen molar-refractivity contribution in [2.24, 2.45) is 0 Å². The van der Waals surface area contributed by atoms with Crippen LogP contribution in [0.5, 0.6) is 0 Å². The molecular formula is C18H19BrN2O. The Bertz CT molecular complexity index is 712. The van der Waals surface area contributed by atoms with Crippen LogP contribution in [0.3, 0.4) is 0 Å². The third kappa shape index (κ3) is 2.52. The predicted molar refractivity (Wildman–Crippen MR) is 92.9 cm³/mol. The summed E-state index contributed by atoms with van der Waals surface area (Å²) in [5.74, 6) is 0.0296. The minimum atomic E-state index is -0.360. The highest BCUT2D eigenvalue weighted by atomic mass is 79.9. The van der Waals surface area contributed by atoms with E-state index in [1.165, 1.54) is 0 Å². The zero-order chi connectivity index (χ0) is 15.9. The molecule has 0 radical (unpaired) electrons. The highest BCUT2D eigenvalue weighted by Gasteiger charge is 2.39. The summed E-state index contributed by atoms with van der Waals surface area (Å²) in [5, 5.41) is 3.14. The van der Waals surface area contributed by atoms with Crippen LogP contribution in [0.15, 0.2) is 53.0 Å². The van der Waals surface area contributed by atoms with Gasteiger partial charge in [0, 0.05) is 17.2 Å². The van der Waals surface area contributed by atoms with Gasteiger partial charge in [-0.25, -0.2) is 0 Å². The minimum absolute atomic E-state index is 0.0296. The van der Waals surface area contributed by atoms with Crippen molar-refractivity contribution in [2.75, 3.05) is 11.9 Å². The highest BCUT2D eigenvalue weighted by Crippen LogP contribution is 2.38. The Morgan fingerprint density at radius 3 is 2.50 bits per heavy atom. The first-order chi connectivity index (χ1) is 10.4. The highest BCUT2D eigenvalue weighted by molar-refractivity contribution is 9.10. The van der Waals surface area contributed by atoms with Crippen molar-refractivity contribution in [1.82, 2.24) is 5.32 Å². The SMILES string of the molecule is CN(c1ccccc1)C1C(=O)NC(C)(C)c2ccc(Br)cc21. The van der Waals surface area contributed by atoms with Gasteiger partial charge in [-0.2, -0.15) is 0 Å². The first kappa shape index (κ1) is 15.1. The van der Waals surface area contributed by atoms with E-state index in [1.807, 2.05) is 62.2 Å². The van der Waals surface area contributed by atoms with Crippen molar-refractivity contribution in [2.45, 2.75) is 25.4 Å². The molecule has 0 spiro atoms. The Labute approximate surface area is 139 Å². The molecule has 1 unspecified atom stereocenters. The second-order valence-corrected chi connectivity index (χ2v) is 7.11. The molecule has 22 heavy (non-hydrogen) atoms. The zero-order valence-corrected chi connectivity index (χ0v) is 14.5. The third-order valence-electron chi connectivity index (χ3n) is 4.22. The fourth-order valence-corrected chi connectivity index (χ4v) is 3.49. The summed E-state index contributed by atoms with van der Waals surface area (Å²) in [4.78, 5) is 14.8. The van der Waals surface area contributed by atoms with E-state index in [0.29, 0.717) is 0 Å². The van der Waals surface area contributed by atoms with Crippen LogP contribution in [0, 0.1) is 0 Å². The van der Waals surface area contributed by atoms with Gasteiger partial charge in [0.05, 0.1) is 5.54 Å². The molecule has 1 atom stereocenters. The number of likely N-dealkylation sites (N-methyl/N-ethyl adjacent to an activating group) is 1. The maximum atomic E-state index is 12.7. The number of hydrogen-bond acceptors (Lipinski definition) is 2. The molecule has 0 saturated carbocycles. The molecule has 1 N–H and O–H groups in total. The maximum absolute atomic E-state index is 12.7. The lowest BCUT2D eigenvalue weighted by Gasteiger charge is -2.41. The summed E-state index contributed by atoms with van der Waals surface area (Å²) in [7, 11) is 1.96. The molecular weight excluding hydrogens is 340 g/mol. The molecule has 4 heteroatoms. The van der Waals surface area contributed by atoms with E-state index in [0.717, 1.165) is 21.3 Å². The molecule has 0 fully saturated rings. The first-order valence-electron chi connectivity index (χ1n) is 7.30. The van der Waals surface area contributed by atoms with Crippen LogP contribution in [-0.4, -0.2) is 13.0 Å². The number of para-hydroxylation sites is 1. The summed E-state index contributed by atoms with van der Waals surface area (Å²) >= 11 is 3.53. The van der Waals surface area contributed by atoms with Crippen molar-refractivity contribution in [3.8, 4) is 0 Å². The quantitative estimate of drug-likeness (QED) is 0.879. The largest absolute Gasteiger partial charge is 0.359 e. The lowest BCUT2D eigenvalue weighted by atomic mass is 9.82. The van der Waals surface area contributed by atoms with Crippen LogP contribution in [0.1, 0.15) is 31.0 Å². The number of fused-ring (bicyclic) bond motifs is 1. The average molecular weight is 359 g/mol. The van der Waals surface area contributed by atoms with Crippen LogP contribution in [0.4, 0.5) is 5.69 Å². The Hall–Kier alpha value is -1.81. The van der Waals surface area contributed by atoms with E-state index >= 15 is 0 Å². The molecule has 3 nitrogen and oxygen atoms in total. The predicted octanol–water partition coefficient (Wildman–Crippen LogP) is 3.99. The van der Waals surface area contributed by atoms with Crippen molar-refractivity contribution >= 4 is 27.5 Å². The van der Waals surface area contributed by atoms with Crippen molar-refractivity contribution in [3.05, 3.63) is 64.1 Å². The van der Waals surface area contributed by atoms with Crippen LogP contribution in [0.2, 0.25) is 0 Å². The fraction of sp³-hybridized carbons (Fsp3) is 0.278. The lowest BCUT2D eigenvalue weighted by Crippen LogP contribution is -2.52. The number of carbonyl (C=O) groups is 1. The van der Waals surface area contributed by atoms with Gasteiger partial charge in [0.2, 0.25) is 5.91 Å². The van der Waals surface area contributed by atoms with Gasteiger partial charge in [0.1, 0.15) is 6.04 Å². The molecule has 0 bridgehead atoms. The van der Waals surface area contributed by atoms with Crippen LogP contribution >= 0.6 is 15.9 Å². The van der Waals surface area contributed by atoms with Crippen LogP contribution < -0.4 is 10.2 Å². The number of nitrogens with zero attached hydrogens (tertiary/aromatic N) is 1. The Morgan fingerprint density at radius 1 is 1.14 bits per heavy atom. The number of halogens is 1. The molecule has 0 aromatic heterocycles. The topological polar surface area (TPSA) is 32.3 Å². The number of hydrogen-bond donors (Lipinski definition) is 1. The summed E-state index contributed by atoms with van der Waals surface area (Å²) in [5.41, 5.74) is 2.87. The summed E-state index contributed by atoms with van der Waals surface area (Å²) in [6, 6.07) is 15.8. The number of anilines is 1. The molecule has 1 heterocycles. The van der Waals surface area contributed by atoms with Gasteiger partial charge in [-0.1, -0.05) is 40.2 Å². The second kappa shape index (κ2) is 5.43. The molecule has 114 valence electrons. The Kier molecular flexibility index (Phi) is 3.73. The van der Waals surface area contributed by atoms with E-state index in [1.54, 1.807) is 0 Å². The third-order valence-corrected chi connectivity index (χ3v) is 4.71. The number of rotatable bonds is 2. The lowest BCUT2D eigenvalue weighted by molar-refractivity contribution is -0.125. The molecule has 0 aliphatic carbocycles. The van der Waals surface area contributed by atoms with Gasteiger partial charge in [-0.15, -0.1) is 0 Å². The smallest absolute Gasteiger partial charge is 0.248 e.